The van der Waals surface area contributed by atoms with Crippen LogP contribution < -0.4 is 0 Å². The highest BCUT2D eigenvalue weighted by atomic mass is 32.2. The SMILES string of the molecule is CC(C)CC1=NCCC2=C1SCC=C2. The molecule has 0 aliphatic carbocycles. The number of aliphatic imine (C=N–C) groups is 1. The molecule has 2 heteroatoms. The van der Waals surface area contributed by atoms with Crippen molar-refractivity contribution in [3.05, 3.63) is 22.6 Å². The van der Waals surface area contributed by atoms with Gasteiger partial charge < -0.3 is 0 Å². The molecule has 2 heterocycles. The van der Waals surface area contributed by atoms with Gasteiger partial charge in [0.15, 0.2) is 0 Å². The van der Waals surface area contributed by atoms with E-state index in [0.717, 1.165) is 25.1 Å². The third-order valence-electron chi connectivity index (χ3n) is 2.48. The smallest absolute Gasteiger partial charge is 0.0489 e. The van der Waals surface area contributed by atoms with Gasteiger partial charge in [-0.05, 0) is 24.3 Å². The number of dihydropyridines is 1. The van der Waals surface area contributed by atoms with E-state index < -0.39 is 0 Å². The Morgan fingerprint density at radius 3 is 3.14 bits per heavy atom. The van der Waals surface area contributed by atoms with Gasteiger partial charge in [0.1, 0.15) is 0 Å². The molecule has 0 N–H and O–H groups in total. The molecule has 0 bridgehead atoms. The lowest BCUT2D eigenvalue weighted by Gasteiger charge is -2.22. The van der Waals surface area contributed by atoms with Gasteiger partial charge >= 0.3 is 0 Å². The number of hydrogen-bond donors (Lipinski definition) is 0. The van der Waals surface area contributed by atoms with E-state index in [1.54, 1.807) is 0 Å². The number of thioether (sulfide) groups is 1. The Bertz CT molecular complexity index is 310. The van der Waals surface area contributed by atoms with Gasteiger partial charge in [-0.1, -0.05) is 26.0 Å². The van der Waals surface area contributed by atoms with E-state index >= 15 is 0 Å². The van der Waals surface area contributed by atoms with E-state index in [2.05, 4.69) is 31.0 Å². The topological polar surface area (TPSA) is 12.4 Å². The summed E-state index contributed by atoms with van der Waals surface area (Å²) in [6.45, 7) is 5.52. The van der Waals surface area contributed by atoms with Gasteiger partial charge in [0.2, 0.25) is 0 Å². The Kier molecular flexibility index (Phi) is 3.12. The number of rotatable bonds is 2. The molecule has 0 saturated carbocycles. The second-order valence-electron chi connectivity index (χ2n) is 4.24. The normalized spacial score (nSPS) is 21.2. The molecule has 14 heavy (non-hydrogen) atoms. The van der Waals surface area contributed by atoms with Gasteiger partial charge in [0.05, 0.1) is 0 Å². The molecule has 76 valence electrons. The van der Waals surface area contributed by atoms with E-state index in [4.69, 9.17) is 0 Å². The van der Waals surface area contributed by atoms with Crippen molar-refractivity contribution in [3.8, 4) is 0 Å². The second kappa shape index (κ2) is 4.35. The van der Waals surface area contributed by atoms with Crippen LogP contribution in [0.4, 0.5) is 0 Å². The molecule has 0 fully saturated rings. The van der Waals surface area contributed by atoms with Crippen molar-refractivity contribution < 1.29 is 0 Å². The largest absolute Gasteiger partial charge is 0.288 e. The first-order valence-corrected chi connectivity index (χ1v) is 6.32. The zero-order chi connectivity index (χ0) is 9.97. The number of allylic oxidation sites excluding steroid dienone is 2. The zero-order valence-electron chi connectivity index (χ0n) is 8.92. The summed E-state index contributed by atoms with van der Waals surface area (Å²) < 4.78 is 0. The Morgan fingerprint density at radius 2 is 2.36 bits per heavy atom. The van der Waals surface area contributed by atoms with Crippen LogP contribution in [0.15, 0.2) is 27.6 Å². The predicted molar refractivity (Wildman–Crippen MR) is 65.0 cm³/mol. The Labute approximate surface area is 90.4 Å². The van der Waals surface area contributed by atoms with Crippen molar-refractivity contribution >= 4 is 17.5 Å². The molecule has 2 aliphatic rings. The summed E-state index contributed by atoms with van der Waals surface area (Å²) in [5.74, 6) is 1.84. The third kappa shape index (κ3) is 2.11. The Balaban J connectivity index is 2.20. The molecule has 2 aliphatic heterocycles. The van der Waals surface area contributed by atoms with Gasteiger partial charge in [-0.3, -0.25) is 4.99 Å². The van der Waals surface area contributed by atoms with Crippen molar-refractivity contribution in [1.29, 1.82) is 0 Å². The fourth-order valence-corrected chi connectivity index (χ4v) is 2.91. The highest BCUT2D eigenvalue weighted by Crippen LogP contribution is 2.33. The summed E-state index contributed by atoms with van der Waals surface area (Å²) in [4.78, 5) is 6.14. The lowest BCUT2D eigenvalue weighted by molar-refractivity contribution is 0.680. The van der Waals surface area contributed by atoms with Gasteiger partial charge in [0, 0.05) is 22.9 Å². The van der Waals surface area contributed by atoms with Crippen molar-refractivity contribution in [2.24, 2.45) is 10.9 Å². The molecule has 0 unspecified atom stereocenters. The molecule has 0 atom stereocenters. The highest BCUT2D eigenvalue weighted by Gasteiger charge is 2.18. The predicted octanol–water partition coefficient (Wildman–Crippen LogP) is 3.43. The van der Waals surface area contributed by atoms with Crippen LogP contribution >= 0.6 is 11.8 Å². The van der Waals surface area contributed by atoms with Gasteiger partial charge in [-0.25, -0.2) is 0 Å². The monoisotopic (exact) mass is 207 g/mol. The molecule has 0 saturated heterocycles. The standard InChI is InChI=1S/C12H17NS/c1-9(2)8-11-12-10(5-6-13-11)4-3-7-14-12/h3-4,9H,5-8H2,1-2H3. The van der Waals surface area contributed by atoms with E-state index in [1.165, 1.54) is 16.2 Å². The fraction of sp³-hybridized carbons (Fsp3) is 0.583. The summed E-state index contributed by atoms with van der Waals surface area (Å²) in [6.07, 6.45) is 6.84. The van der Waals surface area contributed by atoms with Crippen LogP contribution in [0.25, 0.3) is 0 Å². The van der Waals surface area contributed by atoms with Crippen LogP contribution in [0.1, 0.15) is 26.7 Å². The quantitative estimate of drug-likeness (QED) is 0.675. The summed E-state index contributed by atoms with van der Waals surface area (Å²) in [6, 6.07) is 0. The average Bonchev–Trinajstić information content (AvgIpc) is 2.18. The zero-order valence-corrected chi connectivity index (χ0v) is 9.73. The maximum atomic E-state index is 4.66. The molecular formula is C12H17NS. The Hall–Kier alpha value is -0.500. The minimum absolute atomic E-state index is 0.715. The summed E-state index contributed by atoms with van der Waals surface area (Å²) in [7, 11) is 0. The summed E-state index contributed by atoms with van der Waals surface area (Å²) in [5.41, 5.74) is 2.88. The molecule has 0 amide bonds. The van der Waals surface area contributed by atoms with Gasteiger partial charge in [0.25, 0.3) is 0 Å². The lowest BCUT2D eigenvalue weighted by Crippen LogP contribution is -2.14. The highest BCUT2D eigenvalue weighted by molar-refractivity contribution is 8.04. The molecule has 1 nitrogen and oxygen atoms in total. The molecule has 0 aromatic rings. The first-order valence-electron chi connectivity index (χ1n) is 5.33. The van der Waals surface area contributed by atoms with E-state index in [9.17, 15) is 0 Å². The van der Waals surface area contributed by atoms with E-state index in [1.807, 2.05) is 11.8 Å². The van der Waals surface area contributed by atoms with Crippen molar-refractivity contribution in [3.63, 3.8) is 0 Å². The number of hydrogen-bond acceptors (Lipinski definition) is 2. The molecule has 0 radical (unpaired) electrons. The Morgan fingerprint density at radius 1 is 1.50 bits per heavy atom. The molecule has 2 rings (SSSR count). The minimum Gasteiger partial charge on any atom is -0.288 e. The van der Waals surface area contributed by atoms with E-state index in [-0.39, 0.29) is 0 Å². The first-order chi connectivity index (χ1) is 6.77. The minimum atomic E-state index is 0.715. The van der Waals surface area contributed by atoms with Gasteiger partial charge in [-0.2, -0.15) is 0 Å². The fourth-order valence-electron chi connectivity index (χ4n) is 1.88. The van der Waals surface area contributed by atoms with Crippen LogP contribution in [0.3, 0.4) is 0 Å². The molecule has 0 aromatic heterocycles. The maximum absolute atomic E-state index is 4.66. The summed E-state index contributed by atoms with van der Waals surface area (Å²) in [5, 5.41) is 0. The van der Waals surface area contributed by atoms with Crippen molar-refractivity contribution in [2.75, 3.05) is 12.3 Å². The lowest BCUT2D eigenvalue weighted by atomic mass is 10.00. The van der Waals surface area contributed by atoms with Crippen LogP contribution in [0, 0.1) is 5.92 Å². The molecule has 0 aromatic carbocycles. The van der Waals surface area contributed by atoms with E-state index in [0.29, 0.717) is 5.92 Å². The van der Waals surface area contributed by atoms with Gasteiger partial charge in [-0.15, -0.1) is 11.8 Å². The number of nitrogens with zero attached hydrogens (tertiary/aromatic N) is 1. The van der Waals surface area contributed by atoms with Crippen molar-refractivity contribution in [1.82, 2.24) is 0 Å². The van der Waals surface area contributed by atoms with Crippen LogP contribution in [0.5, 0.6) is 0 Å². The third-order valence-corrected chi connectivity index (χ3v) is 3.63. The summed E-state index contributed by atoms with van der Waals surface area (Å²) >= 11 is 1.96. The van der Waals surface area contributed by atoms with Crippen LogP contribution in [-0.2, 0) is 0 Å². The average molecular weight is 207 g/mol. The first kappa shape index (κ1) is 10.0. The second-order valence-corrected chi connectivity index (χ2v) is 5.27. The molecular weight excluding hydrogens is 190 g/mol. The maximum Gasteiger partial charge on any atom is 0.0489 e. The van der Waals surface area contributed by atoms with Crippen LogP contribution in [0.2, 0.25) is 0 Å². The van der Waals surface area contributed by atoms with Crippen molar-refractivity contribution in [2.45, 2.75) is 26.7 Å². The molecule has 0 spiro atoms. The van der Waals surface area contributed by atoms with Crippen LogP contribution in [-0.4, -0.2) is 18.0 Å².